The van der Waals surface area contributed by atoms with E-state index in [4.69, 9.17) is 5.11 Å². The van der Waals surface area contributed by atoms with Crippen LogP contribution >= 0.6 is 0 Å². The van der Waals surface area contributed by atoms with Gasteiger partial charge in [0.25, 0.3) is 0 Å². The van der Waals surface area contributed by atoms with Crippen molar-refractivity contribution in [1.29, 1.82) is 0 Å². The van der Waals surface area contributed by atoms with Crippen molar-refractivity contribution in [1.82, 2.24) is 0 Å². The van der Waals surface area contributed by atoms with E-state index in [1.54, 1.807) is 0 Å². The van der Waals surface area contributed by atoms with Crippen LogP contribution in [-0.4, -0.2) is 11.7 Å². The fourth-order valence-corrected chi connectivity index (χ4v) is 7.96. The van der Waals surface area contributed by atoms with Gasteiger partial charge in [-0.2, -0.15) is 0 Å². The van der Waals surface area contributed by atoms with Gasteiger partial charge in [-0.05, 0) is 6.42 Å². The van der Waals surface area contributed by atoms with Gasteiger partial charge in [-0.25, -0.2) is 0 Å². The fraction of sp³-hybridized carbons (Fsp3) is 1.00. The number of rotatable bonds is 46. The lowest BCUT2D eigenvalue weighted by Crippen LogP contribution is -1.85. The Hall–Kier alpha value is -0.0400. The molecule has 0 aromatic rings. The van der Waals surface area contributed by atoms with Gasteiger partial charge in [-0.3, -0.25) is 0 Å². The quantitative estimate of drug-likeness (QED) is 0.0630. The summed E-state index contributed by atoms with van der Waals surface area (Å²) in [5.41, 5.74) is 0. The van der Waals surface area contributed by atoms with Gasteiger partial charge in [0.15, 0.2) is 0 Å². The van der Waals surface area contributed by atoms with E-state index in [0.717, 1.165) is 6.42 Å². The van der Waals surface area contributed by atoms with E-state index in [-0.39, 0.29) is 0 Å². The summed E-state index contributed by atoms with van der Waals surface area (Å²) in [6.07, 6.45) is 67.0. The number of aliphatic hydroxyl groups is 1. The van der Waals surface area contributed by atoms with Crippen LogP contribution in [0, 0.1) is 0 Å². The second-order valence-corrected chi connectivity index (χ2v) is 16.6. The van der Waals surface area contributed by atoms with Crippen LogP contribution < -0.4 is 0 Å². The van der Waals surface area contributed by atoms with Gasteiger partial charge in [0.1, 0.15) is 0 Å². The maximum absolute atomic E-state index is 8.81. The maximum atomic E-state index is 8.81. The maximum Gasteiger partial charge on any atom is 0.0431 e. The van der Waals surface area contributed by atoms with Crippen molar-refractivity contribution in [3.63, 3.8) is 0 Å². The third kappa shape index (κ3) is 48.0. The average Bonchev–Trinajstić information content (AvgIpc) is 3.11. The molecular formula is C48H98O. The number of hydrogen-bond donors (Lipinski definition) is 1. The molecule has 49 heavy (non-hydrogen) atoms. The molecule has 0 spiro atoms. The van der Waals surface area contributed by atoms with Gasteiger partial charge >= 0.3 is 0 Å². The molecule has 0 bridgehead atoms. The Kier molecular flexibility index (Phi) is 47.9. The smallest absolute Gasteiger partial charge is 0.0431 e. The zero-order valence-corrected chi connectivity index (χ0v) is 34.7. The van der Waals surface area contributed by atoms with Gasteiger partial charge < -0.3 is 5.11 Å². The molecule has 1 N–H and O–H groups in total. The lowest BCUT2D eigenvalue weighted by atomic mass is 10.0. The normalized spacial score (nSPS) is 11.6. The number of aliphatic hydroxyl groups excluding tert-OH is 1. The van der Waals surface area contributed by atoms with E-state index >= 15 is 0 Å². The molecule has 1 heteroatoms. The lowest BCUT2D eigenvalue weighted by molar-refractivity contribution is 0.282. The van der Waals surface area contributed by atoms with Crippen molar-refractivity contribution >= 4 is 0 Å². The van der Waals surface area contributed by atoms with Crippen molar-refractivity contribution in [2.45, 2.75) is 302 Å². The van der Waals surface area contributed by atoms with Crippen LogP contribution in [0.15, 0.2) is 0 Å². The summed E-state index contributed by atoms with van der Waals surface area (Å²) >= 11 is 0. The Bertz CT molecular complexity index is 483. The molecular weight excluding hydrogens is 593 g/mol. The van der Waals surface area contributed by atoms with Crippen LogP contribution in [-0.2, 0) is 0 Å². The van der Waals surface area contributed by atoms with Gasteiger partial charge in [0.2, 0.25) is 0 Å². The summed E-state index contributed by atoms with van der Waals surface area (Å²) in [5, 5.41) is 8.81. The molecule has 0 fully saturated rings. The molecule has 0 amide bonds. The largest absolute Gasteiger partial charge is 0.396 e. The summed E-state index contributed by atoms with van der Waals surface area (Å²) in [6, 6.07) is 0. The van der Waals surface area contributed by atoms with Gasteiger partial charge in [-0.15, -0.1) is 0 Å². The topological polar surface area (TPSA) is 20.2 Å². The molecule has 0 aliphatic carbocycles. The third-order valence-electron chi connectivity index (χ3n) is 11.5. The minimum atomic E-state index is 0.375. The summed E-state index contributed by atoms with van der Waals surface area (Å²) in [5.74, 6) is 0. The number of hydrogen-bond acceptors (Lipinski definition) is 1. The number of unbranched alkanes of at least 4 members (excludes halogenated alkanes) is 45. The zero-order chi connectivity index (χ0) is 35.2. The van der Waals surface area contributed by atoms with E-state index in [0.29, 0.717) is 6.61 Å². The van der Waals surface area contributed by atoms with Crippen LogP contribution in [0.4, 0.5) is 0 Å². The molecule has 0 radical (unpaired) electrons. The van der Waals surface area contributed by atoms with Gasteiger partial charge in [0, 0.05) is 6.61 Å². The predicted molar refractivity (Wildman–Crippen MR) is 225 cm³/mol. The third-order valence-corrected chi connectivity index (χ3v) is 11.5. The summed E-state index contributed by atoms with van der Waals surface area (Å²) in [6.45, 7) is 2.69. The first kappa shape index (κ1) is 49.0. The minimum Gasteiger partial charge on any atom is -0.396 e. The predicted octanol–water partition coefficient (Wildman–Crippen LogP) is 17.9. The molecule has 0 aliphatic heterocycles. The van der Waals surface area contributed by atoms with Gasteiger partial charge in [0.05, 0.1) is 0 Å². The standard InChI is InChI=1S/C48H98O/c1-2-3-4-5-6-7-8-9-10-11-12-13-14-15-16-17-18-19-20-21-22-23-24-25-26-27-28-29-30-31-32-33-34-35-36-37-38-39-40-41-42-43-44-45-46-47-48-49/h49H,2-48H2,1H3. The van der Waals surface area contributed by atoms with Crippen molar-refractivity contribution < 1.29 is 5.11 Å². The Morgan fingerprint density at radius 2 is 0.265 bits per heavy atom. The first-order valence-electron chi connectivity index (χ1n) is 24.0. The molecule has 0 unspecified atom stereocenters. The van der Waals surface area contributed by atoms with Crippen molar-refractivity contribution in [3.8, 4) is 0 Å². The summed E-state index contributed by atoms with van der Waals surface area (Å²) < 4.78 is 0. The molecule has 0 aromatic carbocycles. The summed E-state index contributed by atoms with van der Waals surface area (Å²) in [4.78, 5) is 0. The monoisotopic (exact) mass is 691 g/mol. The average molecular weight is 691 g/mol. The fourth-order valence-electron chi connectivity index (χ4n) is 7.96. The molecule has 0 heterocycles. The van der Waals surface area contributed by atoms with Crippen LogP contribution in [0.1, 0.15) is 302 Å². The van der Waals surface area contributed by atoms with E-state index < -0.39 is 0 Å². The highest BCUT2D eigenvalue weighted by Gasteiger charge is 1.98. The SMILES string of the molecule is CCCCCCCCCCCCCCCCCCCCCCCCCCCCCCCCCCCCCCCCCCCCCCCCO. The van der Waals surface area contributed by atoms with Crippen molar-refractivity contribution in [2.75, 3.05) is 6.61 Å². The van der Waals surface area contributed by atoms with E-state index in [2.05, 4.69) is 6.92 Å². The van der Waals surface area contributed by atoms with Crippen molar-refractivity contribution in [2.24, 2.45) is 0 Å². The zero-order valence-electron chi connectivity index (χ0n) is 34.7. The Morgan fingerprint density at radius 3 is 0.367 bits per heavy atom. The van der Waals surface area contributed by atoms with Crippen LogP contribution in [0.5, 0.6) is 0 Å². The van der Waals surface area contributed by atoms with E-state index in [1.807, 2.05) is 0 Å². The summed E-state index contributed by atoms with van der Waals surface area (Å²) in [7, 11) is 0. The second-order valence-electron chi connectivity index (χ2n) is 16.6. The highest BCUT2D eigenvalue weighted by molar-refractivity contribution is 4.54. The molecule has 0 aliphatic rings. The molecule has 1 nitrogen and oxygen atoms in total. The molecule has 0 rings (SSSR count). The Labute approximate surface area is 313 Å². The Balaban J connectivity index is 3.04. The first-order valence-corrected chi connectivity index (χ1v) is 24.0. The van der Waals surface area contributed by atoms with E-state index in [1.165, 1.54) is 289 Å². The highest BCUT2D eigenvalue weighted by Crippen LogP contribution is 2.18. The van der Waals surface area contributed by atoms with Gasteiger partial charge in [-0.1, -0.05) is 296 Å². The molecule has 0 saturated heterocycles. The first-order chi connectivity index (χ1) is 24.4. The van der Waals surface area contributed by atoms with Crippen LogP contribution in [0.3, 0.4) is 0 Å². The van der Waals surface area contributed by atoms with E-state index in [9.17, 15) is 0 Å². The highest BCUT2D eigenvalue weighted by atomic mass is 16.2. The second kappa shape index (κ2) is 48.0. The molecule has 0 atom stereocenters. The van der Waals surface area contributed by atoms with Crippen LogP contribution in [0.25, 0.3) is 0 Å². The van der Waals surface area contributed by atoms with Crippen LogP contribution in [0.2, 0.25) is 0 Å². The molecule has 0 saturated carbocycles. The Morgan fingerprint density at radius 1 is 0.163 bits per heavy atom. The van der Waals surface area contributed by atoms with Crippen molar-refractivity contribution in [3.05, 3.63) is 0 Å². The minimum absolute atomic E-state index is 0.375. The molecule has 296 valence electrons. The molecule has 0 aromatic heterocycles. The lowest BCUT2D eigenvalue weighted by Gasteiger charge is -2.05.